The van der Waals surface area contributed by atoms with E-state index in [1.54, 1.807) is 11.8 Å². The summed E-state index contributed by atoms with van der Waals surface area (Å²) in [7, 11) is 0. The zero-order chi connectivity index (χ0) is 14.5. The molecule has 0 unspecified atom stereocenters. The molecular formula is C16H21NO3S. The molecule has 0 atom stereocenters. The van der Waals surface area contributed by atoms with Gasteiger partial charge in [-0.3, -0.25) is 4.79 Å². The summed E-state index contributed by atoms with van der Waals surface area (Å²) < 4.78 is 10.6. The van der Waals surface area contributed by atoms with E-state index in [0.717, 1.165) is 17.1 Å². The van der Waals surface area contributed by atoms with Gasteiger partial charge in [0.15, 0.2) is 11.5 Å². The molecule has 0 radical (unpaired) electrons. The predicted octanol–water partition coefficient (Wildman–Crippen LogP) is 3.10. The second-order valence-corrected chi connectivity index (χ2v) is 6.82. The van der Waals surface area contributed by atoms with Gasteiger partial charge in [-0.25, -0.2) is 0 Å². The molecule has 1 amide bonds. The zero-order valence-corrected chi connectivity index (χ0v) is 12.9. The van der Waals surface area contributed by atoms with Crippen LogP contribution in [0.5, 0.6) is 11.5 Å². The van der Waals surface area contributed by atoms with Crippen molar-refractivity contribution in [1.29, 1.82) is 0 Å². The van der Waals surface area contributed by atoms with Crippen molar-refractivity contribution in [1.82, 2.24) is 5.32 Å². The van der Waals surface area contributed by atoms with Crippen molar-refractivity contribution in [3.8, 4) is 11.5 Å². The molecule has 1 saturated carbocycles. The van der Waals surface area contributed by atoms with Crippen molar-refractivity contribution in [3.63, 3.8) is 0 Å². The van der Waals surface area contributed by atoms with E-state index in [1.807, 2.05) is 18.2 Å². The molecule has 0 bridgehead atoms. The monoisotopic (exact) mass is 307 g/mol. The summed E-state index contributed by atoms with van der Waals surface area (Å²) in [6.07, 6.45) is 6.51. The van der Waals surface area contributed by atoms with Gasteiger partial charge in [0.05, 0.1) is 5.75 Å². The van der Waals surface area contributed by atoms with Crippen LogP contribution in [-0.4, -0.2) is 23.7 Å². The summed E-state index contributed by atoms with van der Waals surface area (Å²) in [6, 6.07) is 5.78. The van der Waals surface area contributed by atoms with Crippen LogP contribution in [-0.2, 0) is 11.3 Å². The predicted molar refractivity (Wildman–Crippen MR) is 83.7 cm³/mol. The minimum Gasteiger partial charge on any atom is -0.454 e. The Kier molecular flexibility index (Phi) is 4.91. The number of carbonyl (C=O) groups excluding carboxylic acids is 1. The third kappa shape index (κ3) is 4.06. The fourth-order valence-corrected chi connectivity index (χ4v) is 3.88. The lowest BCUT2D eigenvalue weighted by molar-refractivity contribution is -0.118. The lowest BCUT2D eigenvalue weighted by Crippen LogP contribution is -2.25. The van der Waals surface area contributed by atoms with Gasteiger partial charge in [-0.2, -0.15) is 0 Å². The van der Waals surface area contributed by atoms with Crippen molar-refractivity contribution in [2.24, 2.45) is 0 Å². The molecule has 3 rings (SSSR count). The number of hydrogen-bond donors (Lipinski definition) is 1. The Morgan fingerprint density at radius 1 is 1.19 bits per heavy atom. The Bertz CT molecular complexity index is 500. The Morgan fingerprint density at radius 2 is 2.00 bits per heavy atom. The fourth-order valence-electron chi connectivity index (χ4n) is 2.73. The van der Waals surface area contributed by atoms with Gasteiger partial charge in [-0.15, -0.1) is 11.8 Å². The third-order valence-electron chi connectivity index (χ3n) is 3.93. The highest BCUT2D eigenvalue weighted by atomic mass is 32.2. The normalized spacial score (nSPS) is 17.7. The minimum atomic E-state index is 0.114. The van der Waals surface area contributed by atoms with Gasteiger partial charge in [0.2, 0.25) is 12.7 Å². The van der Waals surface area contributed by atoms with Crippen LogP contribution in [0.3, 0.4) is 0 Å². The van der Waals surface area contributed by atoms with Crippen LogP contribution in [0.25, 0.3) is 0 Å². The minimum absolute atomic E-state index is 0.114. The van der Waals surface area contributed by atoms with Crippen LogP contribution in [0.1, 0.15) is 37.7 Å². The van der Waals surface area contributed by atoms with Gasteiger partial charge < -0.3 is 14.8 Å². The fraction of sp³-hybridized carbons (Fsp3) is 0.562. The Hall–Kier alpha value is -1.36. The van der Waals surface area contributed by atoms with Gasteiger partial charge in [-0.05, 0) is 30.5 Å². The van der Waals surface area contributed by atoms with Crippen molar-refractivity contribution in [2.75, 3.05) is 12.5 Å². The second-order valence-electron chi connectivity index (χ2n) is 5.54. The first-order chi connectivity index (χ1) is 10.3. The average Bonchev–Trinajstić information content (AvgIpc) is 2.99. The summed E-state index contributed by atoms with van der Waals surface area (Å²) in [4.78, 5) is 11.9. The first-order valence-corrected chi connectivity index (χ1v) is 8.63. The van der Waals surface area contributed by atoms with Gasteiger partial charge in [0, 0.05) is 11.8 Å². The summed E-state index contributed by atoms with van der Waals surface area (Å²) >= 11 is 1.80. The SMILES string of the molecule is O=C(CSC1CCCCC1)NCc1ccc2c(c1)OCO2. The van der Waals surface area contributed by atoms with Crippen molar-refractivity contribution >= 4 is 17.7 Å². The van der Waals surface area contributed by atoms with Crippen LogP contribution in [0.2, 0.25) is 0 Å². The Morgan fingerprint density at radius 3 is 2.86 bits per heavy atom. The highest BCUT2D eigenvalue weighted by molar-refractivity contribution is 8.00. The molecule has 114 valence electrons. The molecule has 1 aromatic rings. The quantitative estimate of drug-likeness (QED) is 0.908. The van der Waals surface area contributed by atoms with Crippen LogP contribution < -0.4 is 14.8 Å². The van der Waals surface area contributed by atoms with E-state index in [-0.39, 0.29) is 12.7 Å². The lowest BCUT2D eigenvalue weighted by atomic mass is 10.0. The zero-order valence-electron chi connectivity index (χ0n) is 12.1. The molecule has 2 aliphatic rings. The van der Waals surface area contributed by atoms with E-state index in [1.165, 1.54) is 32.1 Å². The van der Waals surface area contributed by atoms with E-state index in [0.29, 0.717) is 17.5 Å². The Balaban J connectivity index is 1.41. The second kappa shape index (κ2) is 7.07. The Labute approximate surface area is 129 Å². The largest absolute Gasteiger partial charge is 0.454 e. The number of nitrogens with one attached hydrogen (secondary N) is 1. The third-order valence-corrected chi connectivity index (χ3v) is 5.30. The highest BCUT2D eigenvalue weighted by Crippen LogP contribution is 2.32. The van der Waals surface area contributed by atoms with Crippen molar-refractivity contribution in [2.45, 2.75) is 43.9 Å². The molecule has 1 aliphatic heterocycles. The first kappa shape index (κ1) is 14.6. The number of carbonyl (C=O) groups is 1. The molecular weight excluding hydrogens is 286 g/mol. The molecule has 0 aromatic heterocycles. The topological polar surface area (TPSA) is 47.6 Å². The van der Waals surface area contributed by atoms with E-state index < -0.39 is 0 Å². The summed E-state index contributed by atoms with van der Waals surface area (Å²) in [5, 5.41) is 3.65. The number of hydrogen-bond acceptors (Lipinski definition) is 4. The first-order valence-electron chi connectivity index (χ1n) is 7.58. The van der Waals surface area contributed by atoms with E-state index in [4.69, 9.17) is 9.47 Å². The standard InChI is InChI=1S/C16H21NO3S/c18-16(10-21-13-4-2-1-3-5-13)17-9-12-6-7-14-15(8-12)20-11-19-14/h6-8,13H,1-5,9-11H2,(H,17,18). The van der Waals surface area contributed by atoms with Gasteiger partial charge in [-0.1, -0.05) is 25.3 Å². The van der Waals surface area contributed by atoms with Gasteiger partial charge >= 0.3 is 0 Å². The van der Waals surface area contributed by atoms with Gasteiger partial charge in [0.1, 0.15) is 0 Å². The number of rotatable bonds is 5. The molecule has 0 spiro atoms. The molecule has 0 saturated heterocycles. The summed E-state index contributed by atoms with van der Waals surface area (Å²) in [5.41, 5.74) is 1.04. The molecule has 1 heterocycles. The maximum atomic E-state index is 11.9. The molecule has 21 heavy (non-hydrogen) atoms. The van der Waals surface area contributed by atoms with Crippen LogP contribution >= 0.6 is 11.8 Å². The average molecular weight is 307 g/mol. The van der Waals surface area contributed by atoms with Crippen LogP contribution in [0.15, 0.2) is 18.2 Å². The number of ether oxygens (including phenoxy) is 2. The van der Waals surface area contributed by atoms with Gasteiger partial charge in [0.25, 0.3) is 0 Å². The lowest BCUT2D eigenvalue weighted by Gasteiger charge is -2.20. The van der Waals surface area contributed by atoms with E-state index >= 15 is 0 Å². The summed E-state index contributed by atoms with van der Waals surface area (Å²) in [5.74, 6) is 2.22. The maximum Gasteiger partial charge on any atom is 0.231 e. The molecule has 1 N–H and O–H groups in total. The molecule has 1 aliphatic carbocycles. The molecule has 4 nitrogen and oxygen atoms in total. The van der Waals surface area contributed by atoms with Crippen molar-refractivity contribution < 1.29 is 14.3 Å². The molecule has 1 fully saturated rings. The summed E-state index contributed by atoms with van der Waals surface area (Å²) in [6.45, 7) is 0.823. The molecule has 5 heteroatoms. The molecule has 1 aromatic carbocycles. The van der Waals surface area contributed by atoms with E-state index in [2.05, 4.69) is 5.32 Å². The maximum absolute atomic E-state index is 11.9. The van der Waals surface area contributed by atoms with E-state index in [9.17, 15) is 4.79 Å². The number of benzene rings is 1. The van der Waals surface area contributed by atoms with Crippen LogP contribution in [0, 0.1) is 0 Å². The number of fused-ring (bicyclic) bond motifs is 1. The smallest absolute Gasteiger partial charge is 0.231 e. The number of amides is 1. The highest BCUT2D eigenvalue weighted by Gasteiger charge is 2.16. The number of thioether (sulfide) groups is 1. The van der Waals surface area contributed by atoms with Crippen LogP contribution in [0.4, 0.5) is 0 Å². The van der Waals surface area contributed by atoms with Crippen molar-refractivity contribution in [3.05, 3.63) is 23.8 Å².